The molecule has 5 nitrogen and oxygen atoms in total. The molecule has 0 spiro atoms. The topological polar surface area (TPSA) is 63.2 Å². The molecule has 1 fully saturated rings. The van der Waals surface area contributed by atoms with Crippen LogP contribution in [0.4, 0.5) is 0 Å². The first kappa shape index (κ1) is 15.4. The van der Waals surface area contributed by atoms with Gasteiger partial charge in [-0.15, -0.1) is 0 Å². The minimum Gasteiger partial charge on any atom is -0.296 e. The highest BCUT2D eigenvalue weighted by atomic mass is 32.2. The molecule has 20 heavy (non-hydrogen) atoms. The van der Waals surface area contributed by atoms with E-state index in [1.54, 1.807) is 0 Å². The molecule has 0 saturated carbocycles. The van der Waals surface area contributed by atoms with Crippen molar-refractivity contribution in [3.63, 3.8) is 0 Å². The molecule has 1 aliphatic heterocycles. The van der Waals surface area contributed by atoms with E-state index < -0.39 is 9.84 Å². The molecule has 0 radical (unpaired) electrons. The average molecular weight is 297 g/mol. The van der Waals surface area contributed by atoms with E-state index in [0.29, 0.717) is 18.9 Å². The van der Waals surface area contributed by atoms with Crippen LogP contribution in [-0.2, 0) is 16.4 Å². The summed E-state index contributed by atoms with van der Waals surface area (Å²) >= 11 is 0. The Kier molecular flexibility index (Phi) is 4.16. The van der Waals surface area contributed by atoms with Crippen molar-refractivity contribution >= 4 is 9.84 Å². The van der Waals surface area contributed by atoms with Crippen molar-refractivity contribution in [2.24, 2.45) is 0 Å². The van der Waals surface area contributed by atoms with E-state index in [1.165, 1.54) is 0 Å². The molecule has 112 valence electrons. The molecule has 0 aromatic carbocycles. The van der Waals surface area contributed by atoms with Crippen molar-refractivity contribution in [3.05, 3.63) is 23.8 Å². The Morgan fingerprint density at radius 3 is 2.40 bits per heavy atom. The van der Waals surface area contributed by atoms with Gasteiger partial charge in [0, 0.05) is 36.0 Å². The summed E-state index contributed by atoms with van der Waals surface area (Å²) in [5, 5.41) is 0. The van der Waals surface area contributed by atoms with Gasteiger partial charge < -0.3 is 0 Å². The Hall–Kier alpha value is -1.01. The van der Waals surface area contributed by atoms with Crippen LogP contribution >= 0.6 is 0 Å². The van der Waals surface area contributed by atoms with Crippen LogP contribution in [0.15, 0.2) is 12.4 Å². The van der Waals surface area contributed by atoms with Crippen LogP contribution in [-0.4, -0.2) is 47.4 Å². The molecule has 2 heterocycles. The van der Waals surface area contributed by atoms with Crippen molar-refractivity contribution in [2.45, 2.75) is 45.2 Å². The first-order valence-corrected chi connectivity index (χ1v) is 8.76. The molecule has 1 aliphatic rings. The normalized spacial score (nSPS) is 25.5. The zero-order chi connectivity index (χ0) is 15.0. The Morgan fingerprint density at radius 1 is 1.35 bits per heavy atom. The number of nitrogens with zero attached hydrogens (tertiary/aromatic N) is 3. The monoisotopic (exact) mass is 297 g/mol. The molecular weight excluding hydrogens is 274 g/mol. The molecule has 0 bridgehead atoms. The van der Waals surface area contributed by atoms with Gasteiger partial charge in [0.1, 0.15) is 5.82 Å². The van der Waals surface area contributed by atoms with E-state index in [9.17, 15) is 8.42 Å². The number of aromatic nitrogens is 2. The van der Waals surface area contributed by atoms with Gasteiger partial charge in [0.2, 0.25) is 0 Å². The van der Waals surface area contributed by atoms with Gasteiger partial charge >= 0.3 is 0 Å². The predicted molar refractivity (Wildman–Crippen MR) is 79.3 cm³/mol. The Morgan fingerprint density at radius 2 is 1.95 bits per heavy atom. The summed E-state index contributed by atoms with van der Waals surface area (Å²) < 4.78 is 23.3. The molecule has 0 aliphatic carbocycles. The lowest BCUT2D eigenvalue weighted by Gasteiger charge is -2.34. The molecular formula is C14H23N3O2S. The third-order valence-corrected chi connectivity index (χ3v) is 5.95. The number of hydrogen-bond acceptors (Lipinski definition) is 5. The van der Waals surface area contributed by atoms with E-state index in [4.69, 9.17) is 0 Å². The molecule has 0 unspecified atom stereocenters. The van der Waals surface area contributed by atoms with Crippen molar-refractivity contribution in [2.75, 3.05) is 18.6 Å². The van der Waals surface area contributed by atoms with E-state index in [2.05, 4.69) is 28.7 Å². The lowest BCUT2D eigenvalue weighted by molar-refractivity contribution is 0.154. The smallest absolute Gasteiger partial charge is 0.152 e. The summed E-state index contributed by atoms with van der Waals surface area (Å²) in [7, 11) is -0.913. The standard InChI is InChI=1S/C14H23N3O2S/c1-11(2)13-15-7-12(8-16-13)9-17(4)14(3)5-6-20(18,19)10-14/h7-8,11H,5-6,9-10H2,1-4H3/t14-/m0/s1. The summed E-state index contributed by atoms with van der Waals surface area (Å²) in [5.74, 6) is 1.68. The Balaban J connectivity index is 2.06. The van der Waals surface area contributed by atoms with Gasteiger partial charge in [-0.3, -0.25) is 4.90 Å². The second kappa shape index (κ2) is 5.41. The molecule has 0 N–H and O–H groups in total. The third kappa shape index (κ3) is 3.35. The molecule has 1 saturated heterocycles. The van der Waals surface area contributed by atoms with Gasteiger partial charge in [-0.1, -0.05) is 13.8 Å². The Labute approximate surface area is 121 Å². The fraction of sp³-hybridized carbons (Fsp3) is 0.714. The predicted octanol–water partition coefficient (Wildman–Crippen LogP) is 1.61. The molecule has 6 heteroatoms. The maximum atomic E-state index is 11.7. The second-order valence-electron chi connectivity index (χ2n) is 6.30. The highest BCUT2D eigenvalue weighted by Gasteiger charge is 2.41. The highest BCUT2D eigenvalue weighted by Crippen LogP contribution is 2.29. The summed E-state index contributed by atoms with van der Waals surface area (Å²) in [6, 6.07) is 0. The lowest BCUT2D eigenvalue weighted by Crippen LogP contribution is -2.44. The third-order valence-electron chi connectivity index (χ3n) is 4.07. The molecule has 1 aromatic rings. The fourth-order valence-corrected chi connectivity index (χ4v) is 4.71. The van der Waals surface area contributed by atoms with E-state index in [1.807, 2.05) is 26.4 Å². The van der Waals surface area contributed by atoms with Crippen LogP contribution in [0.2, 0.25) is 0 Å². The summed E-state index contributed by atoms with van der Waals surface area (Å²) in [5.41, 5.74) is 0.734. The molecule has 0 amide bonds. The van der Waals surface area contributed by atoms with Crippen molar-refractivity contribution in [3.8, 4) is 0 Å². The maximum absolute atomic E-state index is 11.7. The average Bonchev–Trinajstić information content (AvgIpc) is 2.65. The first-order chi connectivity index (χ1) is 9.22. The van der Waals surface area contributed by atoms with Crippen LogP contribution in [0.25, 0.3) is 0 Å². The van der Waals surface area contributed by atoms with E-state index in [0.717, 1.165) is 11.4 Å². The van der Waals surface area contributed by atoms with Gasteiger partial charge in [0.05, 0.1) is 11.5 Å². The van der Waals surface area contributed by atoms with Crippen LogP contribution < -0.4 is 0 Å². The first-order valence-electron chi connectivity index (χ1n) is 6.94. The largest absolute Gasteiger partial charge is 0.296 e. The van der Waals surface area contributed by atoms with Gasteiger partial charge in [-0.25, -0.2) is 18.4 Å². The van der Waals surface area contributed by atoms with E-state index in [-0.39, 0.29) is 17.0 Å². The van der Waals surface area contributed by atoms with E-state index >= 15 is 0 Å². The minimum atomic E-state index is -2.88. The number of sulfone groups is 1. The zero-order valence-corrected chi connectivity index (χ0v) is 13.4. The molecule has 2 rings (SSSR count). The van der Waals surface area contributed by atoms with Crippen LogP contribution in [0.5, 0.6) is 0 Å². The minimum absolute atomic E-state index is 0.238. The maximum Gasteiger partial charge on any atom is 0.152 e. The Bertz CT molecular complexity index is 569. The van der Waals surface area contributed by atoms with Crippen LogP contribution in [0.3, 0.4) is 0 Å². The lowest BCUT2D eigenvalue weighted by atomic mass is 9.99. The van der Waals surface area contributed by atoms with Crippen molar-refractivity contribution in [1.29, 1.82) is 0 Å². The summed E-state index contributed by atoms with van der Waals surface area (Å²) in [6.07, 6.45) is 4.37. The number of hydrogen-bond donors (Lipinski definition) is 0. The van der Waals surface area contributed by atoms with Gasteiger partial charge in [-0.2, -0.15) is 0 Å². The molecule has 1 aromatic heterocycles. The zero-order valence-electron chi connectivity index (χ0n) is 12.6. The second-order valence-corrected chi connectivity index (χ2v) is 8.48. The van der Waals surface area contributed by atoms with Crippen LogP contribution in [0.1, 0.15) is 44.5 Å². The van der Waals surface area contributed by atoms with Gasteiger partial charge in [0.25, 0.3) is 0 Å². The summed E-state index contributed by atoms with van der Waals surface area (Å²) in [6.45, 7) is 6.81. The number of rotatable bonds is 4. The highest BCUT2D eigenvalue weighted by molar-refractivity contribution is 7.91. The molecule has 1 atom stereocenters. The van der Waals surface area contributed by atoms with Gasteiger partial charge in [-0.05, 0) is 20.4 Å². The van der Waals surface area contributed by atoms with Crippen molar-refractivity contribution < 1.29 is 8.42 Å². The van der Waals surface area contributed by atoms with Crippen molar-refractivity contribution in [1.82, 2.24) is 14.9 Å². The SMILES string of the molecule is CC(C)c1ncc(CN(C)[C@@]2(C)CCS(=O)(=O)C2)cn1. The van der Waals surface area contributed by atoms with Gasteiger partial charge in [0.15, 0.2) is 9.84 Å². The quantitative estimate of drug-likeness (QED) is 0.845. The summed E-state index contributed by atoms with van der Waals surface area (Å²) in [4.78, 5) is 10.8. The fourth-order valence-electron chi connectivity index (χ4n) is 2.50. The van der Waals surface area contributed by atoms with Crippen LogP contribution in [0, 0.1) is 0 Å².